The lowest BCUT2D eigenvalue weighted by Gasteiger charge is -2.22. The number of nitrogens with zero attached hydrogens (tertiary/aromatic N) is 3. The van der Waals surface area contributed by atoms with Crippen LogP contribution in [0.1, 0.15) is 108 Å². The van der Waals surface area contributed by atoms with Crippen molar-refractivity contribution in [2.24, 2.45) is 0 Å². The number of pyridine rings is 1. The molecule has 0 radical (unpaired) electrons. The molecular weight excluding hydrogens is 334 g/mol. The zero-order chi connectivity index (χ0) is 18.5. The van der Waals surface area contributed by atoms with Crippen molar-refractivity contribution in [3.8, 4) is 0 Å². The summed E-state index contributed by atoms with van der Waals surface area (Å²) >= 11 is 0. The Balaban J connectivity index is 1.60. The lowest BCUT2D eigenvalue weighted by Crippen LogP contribution is -2.28. The largest absolute Gasteiger partial charge is 0.276 e. The van der Waals surface area contributed by atoms with Crippen LogP contribution in [0.5, 0.6) is 0 Å². The predicted octanol–water partition coefficient (Wildman–Crippen LogP) is 5.90. The molecule has 0 saturated heterocycles. The quantitative estimate of drug-likeness (QED) is 0.663. The topological polar surface area (TPSA) is 47.8 Å². The molecule has 2 fully saturated rings. The highest BCUT2D eigenvalue weighted by molar-refractivity contribution is 5.80. The lowest BCUT2D eigenvalue weighted by molar-refractivity contribution is 0.338. The average Bonchev–Trinajstić information content (AvgIpc) is 2.62. The van der Waals surface area contributed by atoms with Crippen LogP contribution in [0.2, 0.25) is 0 Å². The Morgan fingerprint density at radius 1 is 0.778 bits per heavy atom. The highest BCUT2D eigenvalue weighted by Gasteiger charge is 2.19. The molecule has 2 saturated carbocycles. The first kappa shape index (κ1) is 18.6. The standard InChI is InChI=1S/C23H33N3O/c27-23-21-17-24-22(18-11-7-3-1-4-8-12-18)15-19(21)16-25-26(23)20-13-9-5-2-6-10-14-20/h15-18,20H,1-14H2. The second-order valence-corrected chi connectivity index (χ2v) is 8.63. The van der Waals surface area contributed by atoms with E-state index in [1.807, 2.05) is 12.4 Å². The molecule has 2 aliphatic rings. The SMILES string of the molecule is O=c1c2cnc(C3CCCCCCC3)cc2cnn1C1CCCCCCC1. The van der Waals surface area contributed by atoms with Crippen molar-refractivity contribution in [2.45, 2.75) is 102 Å². The highest BCUT2D eigenvalue weighted by Crippen LogP contribution is 2.31. The number of hydrogen-bond acceptors (Lipinski definition) is 3. The molecule has 0 aliphatic heterocycles. The van der Waals surface area contributed by atoms with E-state index >= 15 is 0 Å². The summed E-state index contributed by atoms with van der Waals surface area (Å²) in [5, 5.41) is 6.30. The van der Waals surface area contributed by atoms with Gasteiger partial charge >= 0.3 is 0 Å². The molecule has 0 bridgehead atoms. The Kier molecular flexibility index (Phi) is 6.21. The van der Waals surface area contributed by atoms with E-state index in [0.717, 1.165) is 29.3 Å². The molecule has 4 nitrogen and oxygen atoms in total. The van der Waals surface area contributed by atoms with Crippen molar-refractivity contribution in [3.63, 3.8) is 0 Å². The molecule has 0 spiro atoms. The van der Waals surface area contributed by atoms with Crippen molar-refractivity contribution in [1.82, 2.24) is 14.8 Å². The Morgan fingerprint density at radius 2 is 1.37 bits per heavy atom. The first-order chi connectivity index (χ1) is 13.3. The summed E-state index contributed by atoms with van der Waals surface area (Å²) < 4.78 is 1.75. The van der Waals surface area contributed by atoms with Crippen molar-refractivity contribution >= 4 is 10.8 Å². The Hall–Kier alpha value is -1.71. The van der Waals surface area contributed by atoms with Crippen LogP contribution in [0.3, 0.4) is 0 Å². The Bertz CT molecular complexity index is 797. The summed E-state index contributed by atoms with van der Waals surface area (Å²) in [5.41, 5.74) is 1.21. The van der Waals surface area contributed by atoms with Gasteiger partial charge in [0.05, 0.1) is 17.6 Å². The minimum absolute atomic E-state index is 0.0507. The van der Waals surface area contributed by atoms with E-state index in [9.17, 15) is 4.79 Å². The van der Waals surface area contributed by atoms with Gasteiger partial charge in [0, 0.05) is 23.2 Å². The van der Waals surface area contributed by atoms with Crippen LogP contribution in [0.15, 0.2) is 23.3 Å². The molecule has 0 atom stereocenters. The molecule has 0 aromatic carbocycles. The van der Waals surface area contributed by atoms with E-state index in [0.29, 0.717) is 5.92 Å². The smallest absolute Gasteiger partial charge is 0.267 e. The third kappa shape index (κ3) is 4.41. The van der Waals surface area contributed by atoms with Gasteiger partial charge in [-0.1, -0.05) is 64.2 Å². The van der Waals surface area contributed by atoms with Gasteiger partial charge in [-0.15, -0.1) is 0 Å². The average molecular weight is 368 g/mol. The van der Waals surface area contributed by atoms with Gasteiger partial charge in [0.2, 0.25) is 0 Å². The molecule has 27 heavy (non-hydrogen) atoms. The fraction of sp³-hybridized carbons (Fsp3) is 0.696. The monoisotopic (exact) mass is 367 g/mol. The lowest BCUT2D eigenvalue weighted by atomic mass is 9.88. The molecule has 0 unspecified atom stereocenters. The molecule has 146 valence electrons. The second kappa shape index (κ2) is 8.99. The van der Waals surface area contributed by atoms with Crippen molar-refractivity contribution in [3.05, 3.63) is 34.5 Å². The van der Waals surface area contributed by atoms with Crippen LogP contribution >= 0.6 is 0 Å². The van der Waals surface area contributed by atoms with Gasteiger partial charge in [0.25, 0.3) is 5.56 Å². The minimum Gasteiger partial charge on any atom is -0.267 e. The summed E-state index contributed by atoms with van der Waals surface area (Å²) in [6.07, 6.45) is 21.3. The second-order valence-electron chi connectivity index (χ2n) is 8.63. The van der Waals surface area contributed by atoms with Gasteiger partial charge in [-0.2, -0.15) is 5.10 Å². The maximum absolute atomic E-state index is 13.1. The fourth-order valence-electron chi connectivity index (χ4n) is 4.99. The number of fused-ring (bicyclic) bond motifs is 1. The molecule has 4 heteroatoms. The maximum Gasteiger partial charge on any atom is 0.276 e. The first-order valence-corrected chi connectivity index (χ1v) is 11.2. The predicted molar refractivity (Wildman–Crippen MR) is 110 cm³/mol. The van der Waals surface area contributed by atoms with E-state index in [1.54, 1.807) is 4.68 Å². The van der Waals surface area contributed by atoms with Crippen LogP contribution in [0.25, 0.3) is 10.8 Å². The Morgan fingerprint density at radius 3 is 2.04 bits per heavy atom. The summed E-state index contributed by atoms with van der Waals surface area (Å²) in [6, 6.07) is 2.39. The number of aromatic nitrogens is 3. The number of rotatable bonds is 2. The molecular formula is C23H33N3O. The van der Waals surface area contributed by atoms with Gasteiger partial charge in [-0.3, -0.25) is 9.78 Å². The minimum atomic E-state index is 0.0507. The van der Waals surface area contributed by atoms with Gasteiger partial charge in [0.1, 0.15) is 0 Å². The third-order valence-corrected chi connectivity index (χ3v) is 6.66. The van der Waals surface area contributed by atoms with Gasteiger partial charge < -0.3 is 0 Å². The third-order valence-electron chi connectivity index (χ3n) is 6.66. The van der Waals surface area contributed by atoms with E-state index in [-0.39, 0.29) is 11.6 Å². The molecule has 2 aromatic heterocycles. The van der Waals surface area contributed by atoms with Crippen molar-refractivity contribution in [1.29, 1.82) is 0 Å². The van der Waals surface area contributed by atoms with E-state index in [1.165, 1.54) is 77.0 Å². The van der Waals surface area contributed by atoms with Gasteiger partial charge in [-0.05, 0) is 31.7 Å². The Labute approximate surface area is 162 Å². The molecule has 2 aromatic rings. The van der Waals surface area contributed by atoms with Crippen LogP contribution in [0.4, 0.5) is 0 Å². The molecule has 0 amide bonds. The maximum atomic E-state index is 13.1. The highest BCUT2D eigenvalue weighted by atomic mass is 16.1. The van der Waals surface area contributed by atoms with Gasteiger partial charge in [0.15, 0.2) is 0 Å². The zero-order valence-electron chi connectivity index (χ0n) is 16.5. The molecule has 4 rings (SSSR count). The van der Waals surface area contributed by atoms with Crippen LogP contribution in [0, 0.1) is 0 Å². The fourth-order valence-corrected chi connectivity index (χ4v) is 4.99. The summed E-state index contributed by atoms with van der Waals surface area (Å²) in [7, 11) is 0. The van der Waals surface area contributed by atoms with E-state index in [2.05, 4.69) is 11.2 Å². The molecule has 0 N–H and O–H groups in total. The van der Waals surface area contributed by atoms with Crippen molar-refractivity contribution < 1.29 is 0 Å². The number of hydrogen-bond donors (Lipinski definition) is 0. The molecule has 2 aliphatic carbocycles. The van der Waals surface area contributed by atoms with Crippen LogP contribution in [-0.2, 0) is 0 Å². The summed E-state index contributed by atoms with van der Waals surface area (Å²) in [5.74, 6) is 0.544. The summed E-state index contributed by atoms with van der Waals surface area (Å²) in [4.78, 5) is 17.8. The van der Waals surface area contributed by atoms with Crippen LogP contribution in [-0.4, -0.2) is 14.8 Å². The zero-order valence-corrected chi connectivity index (χ0v) is 16.5. The first-order valence-electron chi connectivity index (χ1n) is 11.2. The molecule has 2 heterocycles. The van der Waals surface area contributed by atoms with Crippen LogP contribution < -0.4 is 5.56 Å². The van der Waals surface area contributed by atoms with E-state index < -0.39 is 0 Å². The summed E-state index contributed by atoms with van der Waals surface area (Å²) in [6.45, 7) is 0. The van der Waals surface area contributed by atoms with Gasteiger partial charge in [-0.25, -0.2) is 4.68 Å². The normalized spacial score (nSPS) is 21.3. The van der Waals surface area contributed by atoms with Crippen molar-refractivity contribution in [2.75, 3.05) is 0 Å². The van der Waals surface area contributed by atoms with E-state index in [4.69, 9.17) is 4.98 Å².